The lowest BCUT2D eigenvalue weighted by molar-refractivity contribution is 0.302. The van der Waals surface area contributed by atoms with Gasteiger partial charge < -0.3 is 4.74 Å². The molecule has 2 aromatic carbocycles. The van der Waals surface area contributed by atoms with Crippen LogP contribution >= 0.6 is 0 Å². The fourth-order valence-corrected chi connectivity index (χ4v) is 2.51. The number of hydrogen-bond donors (Lipinski definition) is 0. The Bertz CT molecular complexity index is 1030. The average molecular weight is 335 g/mol. The summed E-state index contributed by atoms with van der Waals surface area (Å²) in [4.78, 5) is 12.2. The molecule has 25 heavy (non-hydrogen) atoms. The Morgan fingerprint density at radius 2 is 1.96 bits per heavy atom. The standard InChI is InChI=1S/C18H17N5O2/c1-12-5-4-6-16(23-18(24)22(3)20-21-23)15(12)11-25-17-9-14(10-19)8-7-13(17)2/h4-9H,11H2,1-3H3. The van der Waals surface area contributed by atoms with Crippen LogP contribution in [-0.4, -0.2) is 19.8 Å². The third kappa shape index (κ3) is 3.15. The molecule has 0 radical (unpaired) electrons. The molecule has 7 heteroatoms. The molecule has 0 aliphatic carbocycles. The molecule has 0 fully saturated rings. The van der Waals surface area contributed by atoms with Crippen molar-refractivity contribution in [1.82, 2.24) is 19.8 Å². The highest BCUT2D eigenvalue weighted by molar-refractivity contribution is 5.46. The van der Waals surface area contributed by atoms with E-state index in [9.17, 15) is 4.79 Å². The van der Waals surface area contributed by atoms with Crippen molar-refractivity contribution < 1.29 is 4.74 Å². The summed E-state index contributed by atoms with van der Waals surface area (Å²) in [6.45, 7) is 4.12. The summed E-state index contributed by atoms with van der Waals surface area (Å²) >= 11 is 0. The van der Waals surface area contributed by atoms with Crippen LogP contribution in [0.3, 0.4) is 0 Å². The molecule has 7 nitrogen and oxygen atoms in total. The van der Waals surface area contributed by atoms with Crippen LogP contribution in [0.5, 0.6) is 5.75 Å². The van der Waals surface area contributed by atoms with Crippen molar-refractivity contribution in [1.29, 1.82) is 5.26 Å². The Hall–Kier alpha value is -3.40. The van der Waals surface area contributed by atoms with Gasteiger partial charge >= 0.3 is 5.69 Å². The number of nitrogens with zero attached hydrogens (tertiary/aromatic N) is 5. The second-order valence-electron chi connectivity index (χ2n) is 5.75. The minimum atomic E-state index is -0.325. The Morgan fingerprint density at radius 1 is 1.16 bits per heavy atom. The minimum absolute atomic E-state index is 0.251. The zero-order valence-electron chi connectivity index (χ0n) is 14.2. The fourth-order valence-electron chi connectivity index (χ4n) is 2.51. The fraction of sp³-hybridized carbons (Fsp3) is 0.222. The molecule has 3 aromatic rings. The Labute approximate surface area is 144 Å². The summed E-state index contributed by atoms with van der Waals surface area (Å²) in [5.41, 5.74) is 3.60. The highest BCUT2D eigenvalue weighted by atomic mass is 16.5. The van der Waals surface area contributed by atoms with Crippen LogP contribution in [0.25, 0.3) is 5.69 Å². The zero-order chi connectivity index (χ0) is 18.0. The highest BCUT2D eigenvalue weighted by Crippen LogP contribution is 2.23. The van der Waals surface area contributed by atoms with Crippen molar-refractivity contribution >= 4 is 0 Å². The van der Waals surface area contributed by atoms with Gasteiger partial charge in [0, 0.05) is 12.6 Å². The molecule has 0 unspecified atom stereocenters. The van der Waals surface area contributed by atoms with E-state index in [0.29, 0.717) is 17.0 Å². The number of nitriles is 1. The third-order valence-corrected chi connectivity index (χ3v) is 4.02. The van der Waals surface area contributed by atoms with E-state index in [4.69, 9.17) is 10.00 Å². The van der Waals surface area contributed by atoms with E-state index in [1.807, 2.05) is 32.0 Å². The molecule has 0 spiro atoms. The topological polar surface area (TPSA) is 85.7 Å². The van der Waals surface area contributed by atoms with Crippen molar-refractivity contribution in [2.75, 3.05) is 0 Å². The number of ether oxygens (including phenoxy) is 1. The lowest BCUT2D eigenvalue weighted by Gasteiger charge is -2.14. The number of aryl methyl sites for hydroxylation is 3. The monoisotopic (exact) mass is 335 g/mol. The van der Waals surface area contributed by atoms with Crippen molar-refractivity contribution in [3.05, 3.63) is 69.1 Å². The van der Waals surface area contributed by atoms with Crippen LogP contribution in [0.4, 0.5) is 0 Å². The molecular weight excluding hydrogens is 318 g/mol. The first kappa shape index (κ1) is 16.5. The quantitative estimate of drug-likeness (QED) is 0.728. The molecule has 0 saturated carbocycles. The normalized spacial score (nSPS) is 10.5. The van der Waals surface area contributed by atoms with E-state index in [2.05, 4.69) is 16.5 Å². The highest BCUT2D eigenvalue weighted by Gasteiger charge is 2.14. The van der Waals surface area contributed by atoms with Crippen molar-refractivity contribution in [2.45, 2.75) is 20.5 Å². The van der Waals surface area contributed by atoms with Crippen LogP contribution in [0.2, 0.25) is 0 Å². The van der Waals surface area contributed by atoms with Gasteiger partial charge in [-0.1, -0.05) is 18.2 Å². The molecular formula is C18H17N5O2. The predicted octanol–water partition coefficient (Wildman–Crippen LogP) is 2.03. The van der Waals surface area contributed by atoms with E-state index in [1.54, 1.807) is 25.2 Å². The van der Waals surface area contributed by atoms with Gasteiger partial charge in [0.1, 0.15) is 12.4 Å². The molecule has 1 aromatic heterocycles. The Balaban J connectivity index is 1.98. The predicted molar refractivity (Wildman–Crippen MR) is 91.6 cm³/mol. The summed E-state index contributed by atoms with van der Waals surface area (Å²) in [5, 5.41) is 16.7. The molecule has 0 N–H and O–H groups in total. The molecule has 1 heterocycles. The minimum Gasteiger partial charge on any atom is -0.488 e. The largest absolute Gasteiger partial charge is 0.488 e. The maximum absolute atomic E-state index is 12.2. The molecule has 0 aliphatic heterocycles. The van der Waals surface area contributed by atoms with Crippen molar-refractivity contribution in [3.63, 3.8) is 0 Å². The van der Waals surface area contributed by atoms with Gasteiger partial charge in [-0.3, -0.25) is 0 Å². The molecule has 126 valence electrons. The smallest absolute Gasteiger partial charge is 0.368 e. The summed E-state index contributed by atoms with van der Waals surface area (Å²) in [6, 6.07) is 13.0. The second-order valence-corrected chi connectivity index (χ2v) is 5.75. The van der Waals surface area contributed by atoms with Crippen molar-refractivity contribution in [2.24, 2.45) is 7.05 Å². The molecule has 0 aliphatic rings. The number of hydrogen-bond acceptors (Lipinski definition) is 5. The maximum Gasteiger partial charge on any atom is 0.368 e. The van der Waals surface area contributed by atoms with Gasteiger partial charge in [-0.25, -0.2) is 4.79 Å². The van der Waals surface area contributed by atoms with Crippen LogP contribution in [0.15, 0.2) is 41.2 Å². The third-order valence-electron chi connectivity index (χ3n) is 4.02. The number of aromatic nitrogens is 4. The second kappa shape index (κ2) is 6.61. The van der Waals surface area contributed by atoms with E-state index in [-0.39, 0.29) is 12.3 Å². The van der Waals surface area contributed by atoms with Crippen LogP contribution < -0.4 is 10.4 Å². The van der Waals surface area contributed by atoms with Gasteiger partial charge in [-0.2, -0.15) is 14.6 Å². The van der Waals surface area contributed by atoms with Gasteiger partial charge in [0.05, 0.1) is 17.3 Å². The summed E-state index contributed by atoms with van der Waals surface area (Å²) < 4.78 is 8.36. The lowest BCUT2D eigenvalue weighted by Crippen LogP contribution is -2.23. The van der Waals surface area contributed by atoms with Gasteiger partial charge in [-0.05, 0) is 53.6 Å². The van der Waals surface area contributed by atoms with Crippen LogP contribution in [0.1, 0.15) is 22.3 Å². The average Bonchev–Trinajstić information content (AvgIpc) is 2.94. The van der Waals surface area contributed by atoms with Gasteiger partial charge in [0.25, 0.3) is 0 Å². The summed E-state index contributed by atoms with van der Waals surface area (Å²) in [6.07, 6.45) is 0. The number of benzene rings is 2. The lowest BCUT2D eigenvalue weighted by atomic mass is 10.1. The number of rotatable bonds is 4. The van der Waals surface area contributed by atoms with Gasteiger partial charge in [0.15, 0.2) is 0 Å². The Kier molecular flexibility index (Phi) is 4.35. The SMILES string of the molecule is Cc1ccc(C#N)cc1OCc1c(C)cccc1-n1nnn(C)c1=O. The first-order valence-corrected chi connectivity index (χ1v) is 7.72. The zero-order valence-corrected chi connectivity index (χ0v) is 14.2. The van der Waals surface area contributed by atoms with Gasteiger partial charge in [0.2, 0.25) is 0 Å². The maximum atomic E-state index is 12.2. The molecule has 0 saturated heterocycles. The first-order chi connectivity index (χ1) is 12.0. The van der Waals surface area contributed by atoms with E-state index < -0.39 is 0 Å². The molecule has 3 rings (SSSR count). The summed E-state index contributed by atoms with van der Waals surface area (Å²) in [5.74, 6) is 0.639. The Morgan fingerprint density at radius 3 is 2.64 bits per heavy atom. The van der Waals surface area contributed by atoms with E-state index in [1.165, 1.54) is 9.36 Å². The number of tetrazole rings is 1. The first-order valence-electron chi connectivity index (χ1n) is 7.72. The molecule has 0 atom stereocenters. The summed E-state index contributed by atoms with van der Waals surface area (Å²) in [7, 11) is 1.55. The van der Waals surface area contributed by atoms with E-state index in [0.717, 1.165) is 16.7 Å². The van der Waals surface area contributed by atoms with Crippen LogP contribution in [-0.2, 0) is 13.7 Å². The van der Waals surface area contributed by atoms with Crippen molar-refractivity contribution in [3.8, 4) is 17.5 Å². The van der Waals surface area contributed by atoms with E-state index >= 15 is 0 Å². The molecule has 0 bridgehead atoms. The molecule has 0 amide bonds. The van der Waals surface area contributed by atoms with Gasteiger partial charge in [-0.15, -0.1) is 0 Å². The van der Waals surface area contributed by atoms with Crippen LogP contribution in [0, 0.1) is 25.2 Å².